The van der Waals surface area contributed by atoms with Crippen molar-refractivity contribution in [1.82, 2.24) is 18.7 Å². The number of benzene rings is 2. The Morgan fingerprint density at radius 3 is 2.71 bits per heavy atom. The summed E-state index contributed by atoms with van der Waals surface area (Å²) in [6.45, 7) is 0.766. The van der Waals surface area contributed by atoms with Crippen molar-refractivity contribution in [2.75, 3.05) is 18.0 Å². The maximum Gasteiger partial charge on any atom is 0.332 e. The van der Waals surface area contributed by atoms with Gasteiger partial charge in [0.2, 0.25) is 5.95 Å². The number of ketones is 1. The van der Waals surface area contributed by atoms with Crippen LogP contribution in [0.25, 0.3) is 11.2 Å². The first-order chi connectivity index (χ1) is 18.3. The van der Waals surface area contributed by atoms with E-state index in [4.69, 9.17) is 10.7 Å². The van der Waals surface area contributed by atoms with Crippen molar-refractivity contribution in [3.05, 3.63) is 91.9 Å². The standard InChI is InChI=1S/C27H26FN7O3/c1-32-24-23(25(37)35(27(32)38)16-22(36)17-8-4-9-20(28)12-17)34(14-19-7-3-2-6-18(19)13-29)26(31-24)33-11-5-10-21(30)15-33/h2-4,6-9,12,21H,5,10-11,14-16,30H2,1H3. The van der Waals surface area contributed by atoms with E-state index in [1.54, 1.807) is 28.8 Å². The van der Waals surface area contributed by atoms with Crippen molar-refractivity contribution in [3.63, 3.8) is 0 Å². The van der Waals surface area contributed by atoms with Crippen molar-refractivity contribution < 1.29 is 9.18 Å². The third kappa shape index (κ3) is 4.50. The van der Waals surface area contributed by atoms with Gasteiger partial charge in [-0.15, -0.1) is 0 Å². The number of aryl methyl sites for hydroxylation is 1. The Labute approximate surface area is 217 Å². The van der Waals surface area contributed by atoms with E-state index in [2.05, 4.69) is 6.07 Å². The van der Waals surface area contributed by atoms with E-state index < -0.39 is 29.4 Å². The molecule has 5 rings (SSSR count). The van der Waals surface area contributed by atoms with Crippen molar-refractivity contribution in [1.29, 1.82) is 5.26 Å². The van der Waals surface area contributed by atoms with Gasteiger partial charge in [-0.25, -0.2) is 9.18 Å². The van der Waals surface area contributed by atoms with Gasteiger partial charge in [0.05, 0.1) is 24.7 Å². The summed E-state index contributed by atoms with van der Waals surface area (Å²) in [4.78, 5) is 46.6. The van der Waals surface area contributed by atoms with E-state index in [1.165, 1.54) is 29.8 Å². The number of rotatable bonds is 6. The molecule has 194 valence electrons. The number of aromatic nitrogens is 4. The van der Waals surface area contributed by atoms with E-state index in [9.17, 15) is 24.0 Å². The normalized spacial score (nSPS) is 15.5. The number of imidazole rings is 1. The molecule has 0 radical (unpaired) electrons. The summed E-state index contributed by atoms with van der Waals surface area (Å²) in [6, 6.07) is 14.2. The molecule has 4 aromatic rings. The number of piperidine rings is 1. The van der Waals surface area contributed by atoms with Crippen LogP contribution >= 0.6 is 0 Å². The predicted octanol–water partition coefficient (Wildman–Crippen LogP) is 1.77. The van der Waals surface area contributed by atoms with Crippen LogP contribution in [0.3, 0.4) is 0 Å². The van der Waals surface area contributed by atoms with Crippen LogP contribution in [0.5, 0.6) is 0 Å². The highest BCUT2D eigenvalue weighted by molar-refractivity contribution is 5.96. The van der Waals surface area contributed by atoms with Gasteiger partial charge in [0.25, 0.3) is 5.56 Å². The highest BCUT2D eigenvalue weighted by Crippen LogP contribution is 2.25. The Kier molecular flexibility index (Phi) is 6.65. The Bertz CT molecular complexity index is 1710. The van der Waals surface area contributed by atoms with Gasteiger partial charge in [0.15, 0.2) is 16.9 Å². The Hall–Kier alpha value is -4.56. The van der Waals surface area contributed by atoms with E-state index in [1.807, 2.05) is 4.90 Å². The van der Waals surface area contributed by atoms with Crippen LogP contribution in [0, 0.1) is 17.1 Å². The highest BCUT2D eigenvalue weighted by atomic mass is 19.1. The molecule has 2 N–H and O–H groups in total. The molecule has 11 heteroatoms. The lowest BCUT2D eigenvalue weighted by Gasteiger charge is -2.32. The van der Waals surface area contributed by atoms with Gasteiger partial charge in [-0.1, -0.05) is 30.3 Å². The summed E-state index contributed by atoms with van der Waals surface area (Å²) in [6.07, 6.45) is 1.70. The minimum absolute atomic E-state index is 0.0542. The molecule has 1 aliphatic rings. The fourth-order valence-corrected chi connectivity index (χ4v) is 4.92. The fourth-order valence-electron chi connectivity index (χ4n) is 4.92. The molecule has 10 nitrogen and oxygen atoms in total. The molecule has 38 heavy (non-hydrogen) atoms. The smallest absolute Gasteiger partial charge is 0.332 e. The first-order valence-electron chi connectivity index (χ1n) is 12.3. The molecule has 0 amide bonds. The molecule has 0 bridgehead atoms. The number of anilines is 1. The molecular weight excluding hydrogens is 489 g/mol. The van der Waals surface area contributed by atoms with Crippen LogP contribution in [-0.4, -0.2) is 43.6 Å². The summed E-state index contributed by atoms with van der Waals surface area (Å²) in [5.41, 5.74) is 6.29. The first kappa shape index (κ1) is 25.1. The number of carbonyl (C=O) groups excluding carboxylic acids is 1. The van der Waals surface area contributed by atoms with Crippen molar-refractivity contribution in [2.45, 2.75) is 32.0 Å². The van der Waals surface area contributed by atoms with Gasteiger partial charge in [0, 0.05) is 31.7 Å². The summed E-state index contributed by atoms with van der Waals surface area (Å²) in [7, 11) is 1.49. The van der Waals surface area contributed by atoms with Gasteiger partial charge in [-0.2, -0.15) is 10.2 Å². The van der Waals surface area contributed by atoms with Crippen LogP contribution in [0.2, 0.25) is 0 Å². The number of hydrogen-bond donors (Lipinski definition) is 1. The van der Waals surface area contributed by atoms with Crippen molar-refractivity contribution >= 4 is 22.9 Å². The summed E-state index contributed by atoms with van der Waals surface area (Å²) in [5, 5.41) is 9.64. The second-order valence-electron chi connectivity index (χ2n) is 9.45. The van der Waals surface area contributed by atoms with Gasteiger partial charge in [-0.3, -0.25) is 23.3 Å². The number of nitrogens with two attached hydrogens (primary N) is 1. The van der Waals surface area contributed by atoms with Gasteiger partial charge >= 0.3 is 5.69 Å². The molecule has 1 atom stereocenters. The quantitative estimate of drug-likeness (QED) is 0.387. The zero-order chi connectivity index (χ0) is 27.0. The molecular formula is C27H26FN7O3. The molecule has 3 heterocycles. The zero-order valence-electron chi connectivity index (χ0n) is 20.8. The fraction of sp³-hybridized carbons (Fsp3) is 0.296. The Morgan fingerprint density at radius 1 is 1.18 bits per heavy atom. The van der Waals surface area contributed by atoms with E-state index in [0.29, 0.717) is 30.2 Å². The Balaban J connectivity index is 1.70. The molecule has 2 aromatic carbocycles. The third-order valence-corrected chi connectivity index (χ3v) is 6.87. The maximum absolute atomic E-state index is 13.8. The molecule has 2 aromatic heterocycles. The second-order valence-corrected chi connectivity index (χ2v) is 9.45. The van der Waals surface area contributed by atoms with E-state index in [-0.39, 0.29) is 29.3 Å². The van der Waals surface area contributed by atoms with Crippen molar-refractivity contribution in [2.24, 2.45) is 12.8 Å². The minimum atomic E-state index is -0.712. The van der Waals surface area contributed by atoms with E-state index in [0.717, 1.165) is 23.5 Å². The van der Waals surface area contributed by atoms with Crippen LogP contribution in [-0.2, 0) is 20.1 Å². The number of halogens is 1. The molecule has 1 fully saturated rings. The average Bonchev–Trinajstić information content (AvgIpc) is 3.29. The molecule has 0 aliphatic carbocycles. The largest absolute Gasteiger partial charge is 0.341 e. The molecule has 1 saturated heterocycles. The second kappa shape index (κ2) is 10.1. The SMILES string of the molecule is Cn1c(=O)n(CC(=O)c2cccc(F)c2)c(=O)c2c1nc(N1CCCC(N)C1)n2Cc1ccccc1C#N. The average molecular weight is 516 g/mol. The lowest BCUT2D eigenvalue weighted by Crippen LogP contribution is -2.44. The van der Waals surface area contributed by atoms with Gasteiger partial charge < -0.3 is 10.6 Å². The number of nitrogens with zero attached hydrogens (tertiary/aromatic N) is 6. The zero-order valence-corrected chi connectivity index (χ0v) is 20.8. The van der Waals surface area contributed by atoms with Crippen LogP contribution in [0.15, 0.2) is 58.1 Å². The lowest BCUT2D eigenvalue weighted by atomic mass is 10.1. The maximum atomic E-state index is 13.8. The number of fused-ring (bicyclic) bond motifs is 1. The monoisotopic (exact) mass is 515 g/mol. The number of Topliss-reactive ketones (excluding diaryl/α,β-unsaturated/α-hetero) is 1. The number of hydrogen-bond acceptors (Lipinski definition) is 7. The van der Waals surface area contributed by atoms with Gasteiger partial charge in [0.1, 0.15) is 5.82 Å². The minimum Gasteiger partial charge on any atom is -0.341 e. The Morgan fingerprint density at radius 2 is 1.97 bits per heavy atom. The molecule has 1 unspecified atom stereocenters. The van der Waals surface area contributed by atoms with Crippen LogP contribution in [0.4, 0.5) is 10.3 Å². The summed E-state index contributed by atoms with van der Waals surface area (Å²) < 4.78 is 17.5. The van der Waals surface area contributed by atoms with Gasteiger partial charge in [-0.05, 0) is 36.6 Å². The van der Waals surface area contributed by atoms with Crippen molar-refractivity contribution in [3.8, 4) is 6.07 Å². The lowest BCUT2D eigenvalue weighted by molar-refractivity contribution is 0.0968. The van der Waals surface area contributed by atoms with Crippen LogP contribution in [0.1, 0.15) is 34.3 Å². The first-order valence-corrected chi connectivity index (χ1v) is 12.3. The molecule has 0 spiro atoms. The van der Waals surface area contributed by atoms with E-state index >= 15 is 0 Å². The molecule has 0 saturated carbocycles. The summed E-state index contributed by atoms with van der Waals surface area (Å²) >= 11 is 0. The van der Waals surface area contributed by atoms with Crippen LogP contribution < -0.4 is 21.9 Å². The predicted molar refractivity (Wildman–Crippen MR) is 140 cm³/mol. The number of carbonyl (C=O) groups is 1. The molecule has 1 aliphatic heterocycles. The highest BCUT2D eigenvalue weighted by Gasteiger charge is 2.27. The number of nitriles is 1. The topological polar surface area (TPSA) is 132 Å². The third-order valence-electron chi connectivity index (χ3n) is 6.87. The summed E-state index contributed by atoms with van der Waals surface area (Å²) in [5.74, 6) is -0.708.